The number of fused-ring (bicyclic) bond motifs is 1. The van der Waals surface area contributed by atoms with Gasteiger partial charge in [-0.2, -0.15) is 0 Å². The molecule has 1 aliphatic heterocycles. The first-order chi connectivity index (χ1) is 10.3. The molecule has 0 unspecified atom stereocenters. The fraction of sp³-hybridized carbons (Fsp3) is 0.500. The molecule has 2 nitrogen and oxygen atoms in total. The lowest BCUT2D eigenvalue weighted by atomic mass is 9.77. The van der Waals surface area contributed by atoms with Gasteiger partial charge in [-0.15, -0.1) is 0 Å². The van der Waals surface area contributed by atoms with E-state index in [9.17, 15) is 5.11 Å². The fourth-order valence-corrected chi connectivity index (χ4v) is 4.29. The summed E-state index contributed by atoms with van der Waals surface area (Å²) in [6.07, 6.45) is 1.47. The number of hydrogen-bond donors (Lipinski definition) is 1. The minimum absolute atomic E-state index is 0.00187. The van der Waals surface area contributed by atoms with E-state index in [1.807, 2.05) is 0 Å². The average Bonchev–Trinajstić information content (AvgIpc) is 2.41. The number of hydrogen-bond acceptors (Lipinski definition) is 2. The maximum atomic E-state index is 10.2. The van der Waals surface area contributed by atoms with Gasteiger partial charge in [-0.3, -0.25) is 4.90 Å². The molecule has 2 aromatic rings. The Hall–Kier alpha value is -1.38. The zero-order chi connectivity index (χ0) is 16.0. The zero-order valence-electron chi connectivity index (χ0n) is 14.1. The van der Waals surface area contributed by atoms with Crippen LogP contribution in [0, 0.1) is 0 Å². The van der Waals surface area contributed by atoms with E-state index in [2.05, 4.69) is 75.1 Å². The highest BCUT2D eigenvalue weighted by Gasteiger charge is 2.44. The second kappa shape index (κ2) is 5.36. The standard InChI is InChI=1S/C20H27NO/c1-19(2)12-17(22)13-20(3,4)21(19)14-16-10-7-9-15-8-5-6-11-18(15)16/h5-11,17,22H,12-14H2,1-4H3. The summed E-state index contributed by atoms with van der Waals surface area (Å²) in [5, 5.41) is 12.8. The molecule has 2 aromatic carbocycles. The molecule has 0 bridgehead atoms. The third kappa shape index (κ3) is 2.78. The van der Waals surface area contributed by atoms with Gasteiger partial charge in [0.05, 0.1) is 6.10 Å². The number of likely N-dealkylation sites (tertiary alicyclic amines) is 1. The molecule has 0 aromatic heterocycles. The summed E-state index contributed by atoms with van der Waals surface area (Å²) in [7, 11) is 0. The van der Waals surface area contributed by atoms with Crippen LogP contribution in [0.25, 0.3) is 10.8 Å². The highest BCUT2D eigenvalue weighted by atomic mass is 16.3. The molecule has 1 fully saturated rings. The van der Waals surface area contributed by atoms with Crippen LogP contribution in [0.2, 0.25) is 0 Å². The Morgan fingerprint density at radius 3 is 2.23 bits per heavy atom. The van der Waals surface area contributed by atoms with Gasteiger partial charge < -0.3 is 5.11 Å². The van der Waals surface area contributed by atoms with Crippen LogP contribution in [0.3, 0.4) is 0 Å². The summed E-state index contributed by atoms with van der Waals surface area (Å²) in [5.41, 5.74) is 1.37. The van der Waals surface area contributed by atoms with Crippen molar-refractivity contribution in [1.29, 1.82) is 0 Å². The Labute approximate surface area is 133 Å². The van der Waals surface area contributed by atoms with E-state index in [0.717, 1.165) is 19.4 Å². The van der Waals surface area contributed by atoms with Crippen molar-refractivity contribution in [3.63, 3.8) is 0 Å². The summed E-state index contributed by atoms with van der Waals surface area (Å²) >= 11 is 0. The third-order valence-corrected chi connectivity index (χ3v) is 5.14. The normalized spacial score (nSPS) is 22.0. The van der Waals surface area contributed by atoms with Crippen LogP contribution >= 0.6 is 0 Å². The molecule has 1 heterocycles. The number of aliphatic hydroxyl groups is 1. The summed E-state index contributed by atoms with van der Waals surface area (Å²) in [5.74, 6) is 0. The zero-order valence-corrected chi connectivity index (χ0v) is 14.1. The van der Waals surface area contributed by atoms with E-state index >= 15 is 0 Å². The summed E-state index contributed by atoms with van der Waals surface area (Å²) in [6.45, 7) is 9.93. The van der Waals surface area contributed by atoms with Gasteiger partial charge >= 0.3 is 0 Å². The Balaban J connectivity index is 1.99. The molecule has 0 spiro atoms. The van der Waals surface area contributed by atoms with Crippen molar-refractivity contribution in [2.24, 2.45) is 0 Å². The van der Waals surface area contributed by atoms with Gasteiger partial charge in [0.25, 0.3) is 0 Å². The predicted molar refractivity (Wildman–Crippen MR) is 92.9 cm³/mol. The summed E-state index contributed by atoms with van der Waals surface area (Å²) in [4.78, 5) is 2.56. The molecule has 118 valence electrons. The van der Waals surface area contributed by atoms with Crippen molar-refractivity contribution >= 4 is 10.8 Å². The van der Waals surface area contributed by atoms with Crippen LogP contribution in [0.1, 0.15) is 46.1 Å². The number of nitrogens with zero attached hydrogens (tertiary/aromatic N) is 1. The van der Waals surface area contributed by atoms with Gasteiger partial charge in [-0.05, 0) is 56.9 Å². The minimum atomic E-state index is -0.200. The molecular weight excluding hydrogens is 270 g/mol. The molecule has 0 aliphatic carbocycles. The second-order valence-electron chi connectivity index (χ2n) is 7.91. The Bertz CT molecular complexity index is 651. The van der Waals surface area contributed by atoms with Crippen LogP contribution < -0.4 is 0 Å². The largest absolute Gasteiger partial charge is 0.393 e. The maximum Gasteiger partial charge on any atom is 0.0575 e. The second-order valence-corrected chi connectivity index (χ2v) is 7.91. The van der Waals surface area contributed by atoms with E-state index in [-0.39, 0.29) is 17.2 Å². The third-order valence-electron chi connectivity index (χ3n) is 5.14. The topological polar surface area (TPSA) is 23.5 Å². The van der Waals surface area contributed by atoms with Crippen molar-refractivity contribution in [3.05, 3.63) is 48.0 Å². The Kier molecular flexibility index (Phi) is 3.78. The monoisotopic (exact) mass is 297 g/mol. The van der Waals surface area contributed by atoms with E-state index in [0.29, 0.717) is 0 Å². The van der Waals surface area contributed by atoms with E-state index in [4.69, 9.17) is 0 Å². The number of benzene rings is 2. The SMILES string of the molecule is CC1(C)CC(O)CC(C)(C)N1Cc1cccc2ccccc12. The number of piperidine rings is 1. The molecule has 3 rings (SSSR count). The fourth-order valence-electron chi connectivity index (χ4n) is 4.29. The highest BCUT2D eigenvalue weighted by molar-refractivity contribution is 5.85. The van der Waals surface area contributed by atoms with Gasteiger partial charge in [0.1, 0.15) is 0 Å². The van der Waals surface area contributed by atoms with Crippen LogP contribution in [-0.2, 0) is 6.54 Å². The van der Waals surface area contributed by atoms with E-state index < -0.39 is 0 Å². The quantitative estimate of drug-likeness (QED) is 0.890. The van der Waals surface area contributed by atoms with Gasteiger partial charge in [-0.25, -0.2) is 0 Å². The maximum absolute atomic E-state index is 10.2. The molecule has 0 atom stereocenters. The molecule has 0 amide bonds. The molecule has 0 saturated carbocycles. The molecular formula is C20H27NO. The molecule has 1 N–H and O–H groups in total. The lowest BCUT2D eigenvalue weighted by Crippen LogP contribution is -2.61. The van der Waals surface area contributed by atoms with Crippen LogP contribution in [0.15, 0.2) is 42.5 Å². The summed E-state index contributed by atoms with van der Waals surface area (Å²) < 4.78 is 0. The molecule has 1 aliphatic rings. The van der Waals surface area contributed by atoms with Gasteiger partial charge in [0.2, 0.25) is 0 Å². The van der Waals surface area contributed by atoms with Crippen molar-refractivity contribution in [1.82, 2.24) is 4.90 Å². The van der Waals surface area contributed by atoms with Gasteiger partial charge in [-0.1, -0.05) is 42.5 Å². The van der Waals surface area contributed by atoms with Gasteiger partial charge in [0, 0.05) is 17.6 Å². The minimum Gasteiger partial charge on any atom is -0.393 e. The first-order valence-corrected chi connectivity index (χ1v) is 8.22. The number of rotatable bonds is 2. The molecule has 22 heavy (non-hydrogen) atoms. The molecule has 2 heteroatoms. The van der Waals surface area contributed by atoms with E-state index in [1.165, 1.54) is 16.3 Å². The Morgan fingerprint density at radius 1 is 0.955 bits per heavy atom. The van der Waals surface area contributed by atoms with Crippen molar-refractivity contribution in [3.8, 4) is 0 Å². The highest BCUT2D eigenvalue weighted by Crippen LogP contribution is 2.40. The average molecular weight is 297 g/mol. The summed E-state index contributed by atoms with van der Waals surface area (Å²) in [6, 6.07) is 15.2. The van der Waals surface area contributed by atoms with Crippen LogP contribution in [0.5, 0.6) is 0 Å². The first-order valence-electron chi connectivity index (χ1n) is 8.22. The molecule has 1 saturated heterocycles. The Morgan fingerprint density at radius 2 is 1.55 bits per heavy atom. The first kappa shape index (κ1) is 15.5. The lowest BCUT2D eigenvalue weighted by Gasteiger charge is -2.54. The predicted octanol–water partition coefficient (Wildman–Crippen LogP) is 4.35. The van der Waals surface area contributed by atoms with Crippen LogP contribution in [-0.4, -0.2) is 27.2 Å². The van der Waals surface area contributed by atoms with E-state index in [1.54, 1.807) is 0 Å². The van der Waals surface area contributed by atoms with Crippen molar-refractivity contribution in [2.75, 3.05) is 0 Å². The van der Waals surface area contributed by atoms with Crippen LogP contribution in [0.4, 0.5) is 0 Å². The van der Waals surface area contributed by atoms with Crippen molar-refractivity contribution < 1.29 is 5.11 Å². The molecule has 0 radical (unpaired) electrons. The van der Waals surface area contributed by atoms with Gasteiger partial charge in [0.15, 0.2) is 0 Å². The number of aliphatic hydroxyl groups excluding tert-OH is 1. The van der Waals surface area contributed by atoms with Crippen molar-refractivity contribution in [2.45, 2.75) is 64.3 Å². The smallest absolute Gasteiger partial charge is 0.0575 e. The lowest BCUT2D eigenvalue weighted by molar-refractivity contribution is -0.0858.